The second-order valence-corrected chi connectivity index (χ2v) is 4.88. The summed E-state index contributed by atoms with van der Waals surface area (Å²) in [6, 6.07) is 6.68. The van der Waals surface area contributed by atoms with Crippen molar-refractivity contribution < 1.29 is 13.9 Å². The van der Waals surface area contributed by atoms with E-state index >= 15 is 0 Å². The van der Waals surface area contributed by atoms with Gasteiger partial charge in [-0.2, -0.15) is 4.39 Å². The number of hydrogen-bond donors (Lipinski definition) is 1. The Hall–Kier alpha value is -1.82. The molecule has 0 radical (unpaired) electrons. The molecule has 0 unspecified atom stereocenters. The van der Waals surface area contributed by atoms with Gasteiger partial charge in [0.25, 0.3) is 0 Å². The van der Waals surface area contributed by atoms with Gasteiger partial charge in [-0.1, -0.05) is 15.9 Å². The largest absolute Gasteiger partial charge is 0.493 e. The predicted molar refractivity (Wildman–Crippen MR) is 78.8 cm³/mol. The van der Waals surface area contributed by atoms with Gasteiger partial charge in [0.05, 0.1) is 26.1 Å². The first-order valence-electron chi connectivity index (χ1n) is 5.90. The summed E-state index contributed by atoms with van der Waals surface area (Å²) in [6.07, 6.45) is 1.45. The molecule has 0 aliphatic heterocycles. The topological polar surface area (TPSA) is 43.4 Å². The molecule has 2 rings (SSSR count). The zero-order valence-corrected chi connectivity index (χ0v) is 12.7. The van der Waals surface area contributed by atoms with Crippen LogP contribution >= 0.6 is 15.9 Å². The Bertz CT molecular complexity index is 590. The van der Waals surface area contributed by atoms with Gasteiger partial charge in [0, 0.05) is 11.0 Å². The molecule has 0 saturated heterocycles. The van der Waals surface area contributed by atoms with Gasteiger partial charge < -0.3 is 14.8 Å². The summed E-state index contributed by atoms with van der Waals surface area (Å²) in [5, 5.41) is 3.16. The molecule has 1 N–H and O–H groups in total. The van der Waals surface area contributed by atoms with Crippen molar-refractivity contribution in [3.63, 3.8) is 0 Å². The molecule has 1 aromatic heterocycles. The molecule has 20 heavy (non-hydrogen) atoms. The average Bonchev–Trinajstić information content (AvgIpc) is 2.47. The highest BCUT2D eigenvalue weighted by Gasteiger charge is 2.09. The van der Waals surface area contributed by atoms with Crippen LogP contribution < -0.4 is 14.8 Å². The average molecular weight is 341 g/mol. The van der Waals surface area contributed by atoms with Crippen molar-refractivity contribution in [1.82, 2.24) is 4.98 Å². The molecule has 106 valence electrons. The fourth-order valence-corrected chi connectivity index (χ4v) is 2.17. The maximum atomic E-state index is 12.7. The van der Waals surface area contributed by atoms with Gasteiger partial charge in [-0.05, 0) is 29.8 Å². The molecule has 0 amide bonds. The van der Waals surface area contributed by atoms with Crippen LogP contribution in [-0.2, 0) is 6.54 Å². The summed E-state index contributed by atoms with van der Waals surface area (Å²) >= 11 is 3.49. The van der Waals surface area contributed by atoms with Crippen molar-refractivity contribution >= 4 is 21.6 Å². The molecule has 2 aromatic rings. The van der Waals surface area contributed by atoms with E-state index in [1.165, 1.54) is 12.3 Å². The minimum atomic E-state index is -0.497. The van der Waals surface area contributed by atoms with Crippen molar-refractivity contribution in [2.75, 3.05) is 19.5 Å². The molecule has 1 aromatic carbocycles. The molecule has 0 bridgehead atoms. The van der Waals surface area contributed by atoms with Gasteiger partial charge in [0.15, 0.2) is 11.5 Å². The molecule has 0 saturated carbocycles. The lowest BCUT2D eigenvalue weighted by atomic mass is 10.2. The summed E-state index contributed by atoms with van der Waals surface area (Å²) in [5.74, 6) is 0.819. The Kier molecular flexibility index (Phi) is 4.79. The van der Waals surface area contributed by atoms with Crippen LogP contribution in [0.3, 0.4) is 0 Å². The zero-order valence-electron chi connectivity index (χ0n) is 11.1. The van der Waals surface area contributed by atoms with Gasteiger partial charge in [-0.25, -0.2) is 4.98 Å². The SMILES string of the molecule is COc1cc(Br)c(CNc2ccc(F)nc2)cc1OC. The Morgan fingerprint density at radius 3 is 2.50 bits per heavy atom. The maximum Gasteiger partial charge on any atom is 0.212 e. The van der Waals surface area contributed by atoms with E-state index in [4.69, 9.17) is 9.47 Å². The molecule has 0 atom stereocenters. The van der Waals surface area contributed by atoms with E-state index in [0.29, 0.717) is 18.0 Å². The van der Waals surface area contributed by atoms with Gasteiger partial charge in [-0.3, -0.25) is 0 Å². The standard InChI is InChI=1S/C14H14BrFN2O2/c1-19-12-5-9(11(15)6-13(12)20-2)7-17-10-3-4-14(16)18-8-10/h3-6,8,17H,7H2,1-2H3. The van der Waals surface area contributed by atoms with Gasteiger partial charge >= 0.3 is 0 Å². The van der Waals surface area contributed by atoms with Crippen molar-refractivity contribution in [3.8, 4) is 11.5 Å². The summed E-state index contributed by atoms with van der Waals surface area (Å²) < 4.78 is 24.1. The van der Waals surface area contributed by atoms with Gasteiger partial charge in [0.1, 0.15) is 0 Å². The summed E-state index contributed by atoms with van der Waals surface area (Å²) in [5.41, 5.74) is 1.74. The third-order valence-electron chi connectivity index (χ3n) is 2.76. The van der Waals surface area contributed by atoms with Crippen LogP contribution in [0.2, 0.25) is 0 Å². The Labute approximate surface area is 125 Å². The van der Waals surface area contributed by atoms with E-state index in [2.05, 4.69) is 26.2 Å². The van der Waals surface area contributed by atoms with E-state index in [1.807, 2.05) is 12.1 Å². The van der Waals surface area contributed by atoms with Crippen LogP contribution in [0.5, 0.6) is 11.5 Å². The van der Waals surface area contributed by atoms with E-state index in [0.717, 1.165) is 15.7 Å². The molecule has 0 aliphatic carbocycles. The number of halogens is 2. The molecule has 0 spiro atoms. The van der Waals surface area contributed by atoms with E-state index < -0.39 is 5.95 Å². The maximum absolute atomic E-state index is 12.7. The van der Waals surface area contributed by atoms with Gasteiger partial charge in [-0.15, -0.1) is 0 Å². The number of aromatic nitrogens is 1. The summed E-state index contributed by atoms with van der Waals surface area (Å²) in [7, 11) is 3.18. The Morgan fingerprint density at radius 1 is 1.20 bits per heavy atom. The molecule has 0 aliphatic rings. The van der Waals surface area contributed by atoms with Crippen molar-refractivity contribution in [3.05, 3.63) is 46.4 Å². The van der Waals surface area contributed by atoms with Crippen molar-refractivity contribution in [2.45, 2.75) is 6.54 Å². The van der Waals surface area contributed by atoms with Gasteiger partial charge in [0.2, 0.25) is 5.95 Å². The molecule has 6 heteroatoms. The zero-order chi connectivity index (χ0) is 14.5. The lowest BCUT2D eigenvalue weighted by Crippen LogP contribution is -2.02. The Balaban J connectivity index is 2.14. The smallest absolute Gasteiger partial charge is 0.212 e. The van der Waals surface area contributed by atoms with Crippen LogP contribution in [-0.4, -0.2) is 19.2 Å². The molecular weight excluding hydrogens is 327 g/mol. The number of ether oxygens (including phenoxy) is 2. The Morgan fingerprint density at radius 2 is 1.90 bits per heavy atom. The highest BCUT2D eigenvalue weighted by Crippen LogP contribution is 2.33. The normalized spacial score (nSPS) is 10.2. The fourth-order valence-electron chi connectivity index (χ4n) is 1.71. The number of anilines is 1. The lowest BCUT2D eigenvalue weighted by Gasteiger charge is -2.13. The van der Waals surface area contributed by atoms with E-state index in [9.17, 15) is 4.39 Å². The fraction of sp³-hybridized carbons (Fsp3) is 0.214. The predicted octanol–water partition coefficient (Wildman–Crippen LogP) is 3.61. The molecular formula is C14H14BrFN2O2. The van der Waals surface area contributed by atoms with Crippen molar-refractivity contribution in [1.29, 1.82) is 0 Å². The van der Waals surface area contributed by atoms with Crippen molar-refractivity contribution in [2.24, 2.45) is 0 Å². The minimum absolute atomic E-state index is 0.497. The highest BCUT2D eigenvalue weighted by atomic mass is 79.9. The molecule has 4 nitrogen and oxygen atoms in total. The van der Waals surface area contributed by atoms with Crippen LogP contribution in [0.1, 0.15) is 5.56 Å². The third kappa shape index (κ3) is 3.39. The minimum Gasteiger partial charge on any atom is -0.493 e. The highest BCUT2D eigenvalue weighted by molar-refractivity contribution is 9.10. The van der Waals surface area contributed by atoms with E-state index in [1.54, 1.807) is 20.3 Å². The first-order valence-corrected chi connectivity index (χ1v) is 6.69. The summed E-state index contributed by atoms with van der Waals surface area (Å²) in [6.45, 7) is 0.550. The van der Waals surface area contributed by atoms with Crippen LogP contribution in [0.15, 0.2) is 34.9 Å². The number of hydrogen-bond acceptors (Lipinski definition) is 4. The van der Waals surface area contributed by atoms with Crippen LogP contribution in [0.4, 0.5) is 10.1 Å². The number of nitrogens with zero attached hydrogens (tertiary/aromatic N) is 1. The van der Waals surface area contributed by atoms with Crippen LogP contribution in [0.25, 0.3) is 0 Å². The first kappa shape index (κ1) is 14.6. The first-order chi connectivity index (χ1) is 9.63. The lowest BCUT2D eigenvalue weighted by molar-refractivity contribution is 0.354. The monoisotopic (exact) mass is 340 g/mol. The van der Waals surface area contributed by atoms with Crippen LogP contribution in [0, 0.1) is 5.95 Å². The number of pyridine rings is 1. The third-order valence-corrected chi connectivity index (χ3v) is 3.50. The molecule has 1 heterocycles. The van der Waals surface area contributed by atoms with E-state index in [-0.39, 0.29) is 0 Å². The summed E-state index contributed by atoms with van der Waals surface area (Å²) in [4.78, 5) is 3.59. The number of methoxy groups -OCH3 is 2. The number of rotatable bonds is 5. The number of benzene rings is 1. The molecule has 0 fully saturated rings. The number of nitrogens with one attached hydrogen (secondary N) is 1. The second-order valence-electron chi connectivity index (χ2n) is 4.02. The second kappa shape index (κ2) is 6.56. The quantitative estimate of drug-likeness (QED) is 0.844.